The molecule has 1 heterocycles. The minimum atomic E-state index is -0.752. The number of carbonyl (C=O) groups is 1. The topological polar surface area (TPSA) is 100 Å². The van der Waals surface area contributed by atoms with Crippen LogP contribution < -0.4 is 18.9 Å². The average molecular weight is 453 g/mol. The monoisotopic (exact) mass is 453 g/mol. The number of rotatable bonds is 11. The van der Waals surface area contributed by atoms with Gasteiger partial charge in [0.15, 0.2) is 17.8 Å². The fourth-order valence-electron chi connectivity index (χ4n) is 4.03. The molecule has 1 aromatic heterocycles. The van der Waals surface area contributed by atoms with Gasteiger partial charge in [-0.2, -0.15) is 4.98 Å². The van der Waals surface area contributed by atoms with Crippen molar-refractivity contribution in [3.63, 3.8) is 0 Å². The summed E-state index contributed by atoms with van der Waals surface area (Å²) >= 11 is 0. The molecule has 1 aliphatic carbocycles. The summed E-state index contributed by atoms with van der Waals surface area (Å²) in [5.41, 5.74) is 3.07. The fourth-order valence-corrected chi connectivity index (χ4v) is 4.03. The molecule has 1 atom stereocenters. The molecule has 33 heavy (non-hydrogen) atoms. The largest absolute Gasteiger partial charge is 0.493 e. The van der Waals surface area contributed by atoms with E-state index in [9.17, 15) is 4.79 Å². The maximum atomic E-state index is 11.0. The zero-order valence-electron chi connectivity index (χ0n) is 18.7. The molecule has 4 rings (SSSR count). The van der Waals surface area contributed by atoms with E-state index < -0.39 is 5.97 Å². The van der Waals surface area contributed by atoms with E-state index in [0.29, 0.717) is 42.9 Å². The van der Waals surface area contributed by atoms with Gasteiger partial charge in [0.2, 0.25) is 5.89 Å². The van der Waals surface area contributed by atoms with Gasteiger partial charge in [-0.3, -0.25) is 4.79 Å². The Kier molecular flexibility index (Phi) is 7.02. The Morgan fingerprint density at radius 3 is 2.70 bits per heavy atom. The quantitative estimate of drug-likeness (QED) is 0.417. The van der Waals surface area contributed by atoms with E-state index in [-0.39, 0.29) is 12.3 Å². The van der Waals surface area contributed by atoms with Gasteiger partial charge in [-0.15, -0.1) is 0 Å². The molecule has 2 aromatic carbocycles. The van der Waals surface area contributed by atoms with E-state index in [1.54, 1.807) is 13.2 Å². The van der Waals surface area contributed by atoms with E-state index in [1.807, 2.05) is 30.3 Å². The number of hydrogen-bond acceptors (Lipinski definition) is 7. The molecule has 8 heteroatoms. The fraction of sp³-hybridized carbons (Fsp3) is 0.360. The third-order valence-electron chi connectivity index (χ3n) is 5.66. The van der Waals surface area contributed by atoms with Crippen molar-refractivity contribution in [2.24, 2.45) is 0 Å². The highest BCUT2D eigenvalue weighted by Gasteiger charge is 2.24. The molecule has 0 fully saturated rings. The van der Waals surface area contributed by atoms with Crippen molar-refractivity contribution < 1.29 is 33.3 Å². The Morgan fingerprint density at radius 2 is 1.94 bits per heavy atom. The summed E-state index contributed by atoms with van der Waals surface area (Å²) in [5, 5.41) is 9.06. The molecule has 3 aromatic rings. The normalized spacial score (nSPS) is 14.5. The molecule has 0 spiro atoms. The molecular formula is C25H27NO7. The molecule has 174 valence electrons. The first-order valence-electron chi connectivity index (χ1n) is 10.9. The molecule has 1 aliphatic rings. The number of nitrogens with zero attached hydrogens (tertiary/aromatic N) is 1. The first-order valence-corrected chi connectivity index (χ1v) is 10.9. The second-order valence-electron chi connectivity index (χ2n) is 7.81. The minimum Gasteiger partial charge on any atom is -0.493 e. The molecule has 0 saturated carbocycles. The molecule has 0 amide bonds. The molecule has 0 bridgehead atoms. The van der Waals surface area contributed by atoms with Gasteiger partial charge >= 0.3 is 5.97 Å². The van der Waals surface area contributed by atoms with Gasteiger partial charge in [-0.25, -0.2) is 0 Å². The van der Waals surface area contributed by atoms with Crippen LogP contribution in [0, 0.1) is 0 Å². The van der Waals surface area contributed by atoms with Gasteiger partial charge in [0, 0.05) is 12.0 Å². The number of ether oxygens (including phenoxy) is 4. The summed E-state index contributed by atoms with van der Waals surface area (Å²) in [6, 6.07) is 11.4. The van der Waals surface area contributed by atoms with Crippen LogP contribution in [0.2, 0.25) is 0 Å². The van der Waals surface area contributed by atoms with Crippen LogP contribution in [0.3, 0.4) is 0 Å². The first-order chi connectivity index (χ1) is 16.1. The Labute approximate surface area is 192 Å². The number of hydrogen-bond donors (Lipinski definition) is 1. The summed E-state index contributed by atoms with van der Waals surface area (Å²) in [5.74, 6) is 2.21. The Bertz CT molecular complexity index is 1110. The van der Waals surface area contributed by atoms with Crippen molar-refractivity contribution in [2.45, 2.75) is 31.6 Å². The van der Waals surface area contributed by atoms with E-state index >= 15 is 0 Å². The number of methoxy groups -OCH3 is 2. The number of oxazole rings is 1. The number of carboxylic acids is 1. The van der Waals surface area contributed by atoms with Crippen LogP contribution in [0.25, 0.3) is 11.5 Å². The second-order valence-corrected chi connectivity index (χ2v) is 7.81. The SMILES string of the molecule is COc1coc(-c2ccc(OCCCOc3ccc4c(c3)CC[C@H]4CC(=O)O)c(OC)c2)n1. The third-order valence-corrected chi connectivity index (χ3v) is 5.66. The van der Waals surface area contributed by atoms with Gasteiger partial charge in [0.1, 0.15) is 5.75 Å². The molecule has 1 N–H and O–H groups in total. The molecule has 0 unspecified atom stereocenters. The van der Waals surface area contributed by atoms with Crippen LogP contribution in [-0.2, 0) is 11.2 Å². The lowest BCUT2D eigenvalue weighted by Crippen LogP contribution is -2.06. The van der Waals surface area contributed by atoms with Crippen LogP contribution in [0.4, 0.5) is 0 Å². The Hall–Kier alpha value is -3.68. The summed E-state index contributed by atoms with van der Waals surface area (Å²) in [4.78, 5) is 15.2. The van der Waals surface area contributed by atoms with Gasteiger partial charge < -0.3 is 28.5 Å². The lowest BCUT2D eigenvalue weighted by molar-refractivity contribution is -0.137. The highest BCUT2D eigenvalue weighted by atomic mass is 16.5. The van der Waals surface area contributed by atoms with Crippen molar-refractivity contribution in [1.29, 1.82) is 0 Å². The number of benzene rings is 2. The highest BCUT2D eigenvalue weighted by molar-refractivity contribution is 5.68. The minimum absolute atomic E-state index is 0.104. The van der Waals surface area contributed by atoms with Crippen molar-refractivity contribution in [3.05, 3.63) is 53.8 Å². The number of carboxylic acid groups (broad SMARTS) is 1. The molecule has 8 nitrogen and oxygen atoms in total. The zero-order chi connectivity index (χ0) is 23.2. The van der Waals surface area contributed by atoms with Gasteiger partial charge in [-0.05, 0) is 60.2 Å². The number of fused-ring (bicyclic) bond motifs is 1. The van der Waals surface area contributed by atoms with Gasteiger partial charge in [0.25, 0.3) is 5.88 Å². The lowest BCUT2D eigenvalue weighted by Gasteiger charge is -2.13. The van der Waals surface area contributed by atoms with Gasteiger partial charge in [-0.1, -0.05) is 6.07 Å². The number of aromatic nitrogens is 1. The van der Waals surface area contributed by atoms with Crippen molar-refractivity contribution in [1.82, 2.24) is 4.98 Å². The van der Waals surface area contributed by atoms with E-state index in [4.69, 9.17) is 28.5 Å². The number of aliphatic carboxylic acids is 1. The van der Waals surface area contributed by atoms with E-state index in [1.165, 1.54) is 18.9 Å². The third kappa shape index (κ3) is 5.39. The average Bonchev–Trinajstić information content (AvgIpc) is 3.46. The van der Waals surface area contributed by atoms with Crippen LogP contribution in [0.15, 0.2) is 47.1 Å². The van der Waals surface area contributed by atoms with Crippen molar-refractivity contribution in [2.75, 3.05) is 27.4 Å². The summed E-state index contributed by atoms with van der Waals surface area (Å²) in [6.07, 6.45) is 4.09. The standard InChI is InChI=1S/C25H27NO7/c1-29-22-13-18(25-26-23(30-2)15-33-25)6-9-21(22)32-11-3-10-31-19-7-8-20-16(12-19)4-5-17(20)14-24(27)28/h6-9,12-13,15,17H,3-5,10-11,14H2,1-2H3,(H,27,28)/t17-/m0/s1. The van der Waals surface area contributed by atoms with Crippen LogP contribution in [0.5, 0.6) is 23.1 Å². The predicted octanol–water partition coefficient (Wildman–Crippen LogP) is 4.71. The van der Waals surface area contributed by atoms with E-state index in [0.717, 1.165) is 29.7 Å². The van der Waals surface area contributed by atoms with Crippen molar-refractivity contribution >= 4 is 5.97 Å². The Morgan fingerprint density at radius 1 is 1.09 bits per heavy atom. The summed E-state index contributed by atoms with van der Waals surface area (Å²) in [7, 11) is 3.12. The van der Waals surface area contributed by atoms with Gasteiger partial charge in [0.05, 0.1) is 33.9 Å². The van der Waals surface area contributed by atoms with Crippen LogP contribution in [0.1, 0.15) is 36.3 Å². The summed E-state index contributed by atoms with van der Waals surface area (Å²) in [6.45, 7) is 0.974. The summed E-state index contributed by atoms with van der Waals surface area (Å²) < 4.78 is 27.7. The van der Waals surface area contributed by atoms with Crippen molar-refractivity contribution in [3.8, 4) is 34.6 Å². The smallest absolute Gasteiger partial charge is 0.303 e. The maximum absolute atomic E-state index is 11.0. The van der Waals surface area contributed by atoms with E-state index in [2.05, 4.69) is 4.98 Å². The lowest BCUT2D eigenvalue weighted by atomic mass is 9.98. The van der Waals surface area contributed by atoms with Crippen LogP contribution in [-0.4, -0.2) is 43.5 Å². The Balaban J connectivity index is 1.27. The first kappa shape index (κ1) is 22.5. The maximum Gasteiger partial charge on any atom is 0.303 e. The molecular weight excluding hydrogens is 426 g/mol. The molecule has 0 radical (unpaired) electrons. The predicted molar refractivity (Wildman–Crippen MR) is 120 cm³/mol. The van der Waals surface area contributed by atoms with Crippen LogP contribution >= 0.6 is 0 Å². The zero-order valence-corrected chi connectivity index (χ0v) is 18.7. The highest BCUT2D eigenvalue weighted by Crippen LogP contribution is 2.37. The number of aryl methyl sites for hydroxylation is 1. The molecule has 0 saturated heterocycles. The second kappa shape index (κ2) is 10.3. The molecule has 0 aliphatic heterocycles.